The average molecular weight is 423 g/mol. The molecule has 160 valence electrons. The number of carbonyl (C=O) groups is 2. The first-order valence-electron chi connectivity index (χ1n) is 10.6. The molecular formula is C22H33FN3O2S+. The van der Waals surface area contributed by atoms with E-state index < -0.39 is 0 Å². The Kier molecular flexibility index (Phi) is 7.57. The van der Waals surface area contributed by atoms with Crippen molar-refractivity contribution in [2.45, 2.75) is 45.0 Å². The Morgan fingerprint density at radius 1 is 1.10 bits per heavy atom. The second kappa shape index (κ2) is 9.94. The lowest BCUT2D eigenvalue weighted by Crippen LogP contribution is -3.17. The number of halogens is 1. The molecule has 29 heavy (non-hydrogen) atoms. The summed E-state index contributed by atoms with van der Waals surface area (Å²) in [7, 11) is 0. The summed E-state index contributed by atoms with van der Waals surface area (Å²) < 4.78 is 13.3. The molecular weight excluding hydrogens is 389 g/mol. The second-order valence-electron chi connectivity index (χ2n) is 8.59. The Bertz CT molecular complexity index is 705. The van der Waals surface area contributed by atoms with Crippen LogP contribution in [0.4, 0.5) is 4.39 Å². The van der Waals surface area contributed by atoms with Crippen molar-refractivity contribution in [3.05, 3.63) is 35.6 Å². The first-order valence-corrected chi connectivity index (χ1v) is 11.7. The second-order valence-corrected chi connectivity index (χ2v) is 9.78. The predicted molar refractivity (Wildman–Crippen MR) is 114 cm³/mol. The Balaban J connectivity index is 1.61. The van der Waals surface area contributed by atoms with Gasteiger partial charge in [0, 0.05) is 25.4 Å². The zero-order valence-electron chi connectivity index (χ0n) is 17.7. The molecule has 1 N–H and O–H groups in total. The topological polar surface area (TPSA) is 45.1 Å². The monoisotopic (exact) mass is 422 g/mol. The molecule has 7 heteroatoms. The first kappa shape index (κ1) is 22.1. The maximum absolute atomic E-state index is 13.3. The van der Waals surface area contributed by atoms with Crippen molar-refractivity contribution in [3.8, 4) is 0 Å². The summed E-state index contributed by atoms with van der Waals surface area (Å²) in [4.78, 5) is 30.7. The van der Waals surface area contributed by atoms with Crippen molar-refractivity contribution in [1.82, 2.24) is 9.80 Å². The number of thioether (sulfide) groups is 1. The van der Waals surface area contributed by atoms with Crippen LogP contribution in [0.1, 0.15) is 44.6 Å². The molecule has 1 unspecified atom stereocenters. The van der Waals surface area contributed by atoms with E-state index in [4.69, 9.17) is 0 Å². The summed E-state index contributed by atoms with van der Waals surface area (Å²) in [5.41, 5.74) is 0.951. The first-order chi connectivity index (χ1) is 13.8. The summed E-state index contributed by atoms with van der Waals surface area (Å²) >= 11 is 1.71. The molecule has 2 amide bonds. The van der Waals surface area contributed by atoms with Gasteiger partial charge in [0.25, 0.3) is 11.8 Å². The van der Waals surface area contributed by atoms with E-state index in [0.29, 0.717) is 25.6 Å². The van der Waals surface area contributed by atoms with Crippen LogP contribution in [0.25, 0.3) is 0 Å². The minimum atomic E-state index is -0.268. The van der Waals surface area contributed by atoms with Gasteiger partial charge in [-0.2, -0.15) is 0 Å². The van der Waals surface area contributed by atoms with E-state index in [1.807, 2.05) is 9.80 Å². The number of hydrogen-bond acceptors (Lipinski definition) is 3. The van der Waals surface area contributed by atoms with Crippen molar-refractivity contribution >= 4 is 23.6 Å². The van der Waals surface area contributed by atoms with E-state index >= 15 is 0 Å². The van der Waals surface area contributed by atoms with Gasteiger partial charge in [-0.1, -0.05) is 19.1 Å². The Hall–Kier alpha value is -1.60. The fraction of sp³-hybridized carbons (Fsp3) is 0.636. The molecule has 0 radical (unpaired) electrons. The van der Waals surface area contributed by atoms with Gasteiger partial charge in [-0.05, 0) is 50.3 Å². The molecule has 2 saturated heterocycles. The van der Waals surface area contributed by atoms with E-state index in [2.05, 4.69) is 20.8 Å². The van der Waals surface area contributed by atoms with Crippen LogP contribution in [0.15, 0.2) is 24.3 Å². The third kappa shape index (κ3) is 5.72. The molecule has 2 aliphatic rings. The lowest BCUT2D eigenvalue weighted by atomic mass is 9.99. The maximum atomic E-state index is 13.3. The smallest absolute Gasteiger partial charge is 0.278 e. The molecule has 2 aliphatic heterocycles. The Morgan fingerprint density at radius 2 is 1.72 bits per heavy atom. The molecule has 3 rings (SSSR count). The van der Waals surface area contributed by atoms with Gasteiger partial charge in [0.05, 0.1) is 6.04 Å². The number of quaternary nitrogens is 1. The van der Waals surface area contributed by atoms with E-state index in [0.717, 1.165) is 42.1 Å². The number of benzene rings is 1. The van der Waals surface area contributed by atoms with Gasteiger partial charge in [-0.15, -0.1) is 11.8 Å². The SMILES string of the molecule is CC1CCN(C(=O)C[NH+](CC(=O)N2CCS[C@H]2c2ccc(F)cc2)C(C)C)CC1. The van der Waals surface area contributed by atoms with Gasteiger partial charge in [0.1, 0.15) is 11.2 Å². The number of amides is 2. The number of piperidine rings is 1. The third-order valence-corrected chi connectivity index (χ3v) is 7.34. The Labute approximate surface area is 177 Å². The van der Waals surface area contributed by atoms with E-state index in [9.17, 15) is 14.0 Å². The molecule has 0 aliphatic carbocycles. The van der Waals surface area contributed by atoms with Crippen LogP contribution in [-0.2, 0) is 9.59 Å². The summed E-state index contributed by atoms with van der Waals surface area (Å²) in [5, 5.41) is -0.0733. The molecule has 1 aromatic carbocycles. The predicted octanol–water partition coefficient (Wildman–Crippen LogP) is 1.95. The van der Waals surface area contributed by atoms with Crippen LogP contribution in [0.3, 0.4) is 0 Å². The van der Waals surface area contributed by atoms with Gasteiger partial charge >= 0.3 is 0 Å². The zero-order chi connectivity index (χ0) is 21.0. The highest BCUT2D eigenvalue weighted by Gasteiger charge is 2.34. The van der Waals surface area contributed by atoms with Crippen LogP contribution in [0.5, 0.6) is 0 Å². The van der Waals surface area contributed by atoms with E-state index in [1.54, 1.807) is 23.9 Å². The normalized spacial score (nSPS) is 21.6. The number of nitrogens with zero attached hydrogens (tertiary/aromatic N) is 2. The molecule has 5 nitrogen and oxygen atoms in total. The molecule has 2 atom stereocenters. The molecule has 0 spiro atoms. The van der Waals surface area contributed by atoms with Gasteiger partial charge in [0.2, 0.25) is 0 Å². The lowest BCUT2D eigenvalue weighted by molar-refractivity contribution is -0.906. The summed E-state index contributed by atoms with van der Waals surface area (Å²) in [6.45, 7) is 9.37. The highest BCUT2D eigenvalue weighted by Crippen LogP contribution is 2.37. The molecule has 2 fully saturated rings. The minimum absolute atomic E-state index is 0.0630. The fourth-order valence-corrected chi connectivity index (χ4v) is 5.24. The average Bonchev–Trinajstić information content (AvgIpc) is 3.18. The largest absolute Gasteiger partial charge is 0.338 e. The molecule has 0 bridgehead atoms. The molecule has 1 aromatic rings. The van der Waals surface area contributed by atoms with Gasteiger partial charge in [-0.25, -0.2) is 4.39 Å². The number of hydrogen-bond donors (Lipinski definition) is 1. The van der Waals surface area contributed by atoms with Gasteiger partial charge in [0.15, 0.2) is 13.1 Å². The third-order valence-electron chi connectivity index (χ3n) is 6.08. The summed E-state index contributed by atoms with van der Waals surface area (Å²) in [5.74, 6) is 1.50. The van der Waals surface area contributed by atoms with E-state index in [-0.39, 0.29) is 29.0 Å². The number of nitrogens with one attached hydrogen (secondary N) is 1. The van der Waals surface area contributed by atoms with E-state index in [1.165, 1.54) is 12.1 Å². The van der Waals surface area contributed by atoms with Crippen LogP contribution >= 0.6 is 11.8 Å². The highest BCUT2D eigenvalue weighted by molar-refractivity contribution is 7.99. The van der Waals surface area contributed by atoms with Crippen molar-refractivity contribution in [3.63, 3.8) is 0 Å². The molecule has 0 saturated carbocycles. The van der Waals surface area contributed by atoms with Crippen molar-refractivity contribution in [2.75, 3.05) is 38.5 Å². The maximum Gasteiger partial charge on any atom is 0.278 e. The number of carbonyl (C=O) groups excluding carboxylic acids is 2. The van der Waals surface area contributed by atoms with Crippen LogP contribution in [-0.4, -0.2) is 66.1 Å². The van der Waals surface area contributed by atoms with Gasteiger partial charge in [-0.3, -0.25) is 9.59 Å². The number of likely N-dealkylation sites (tertiary alicyclic amines) is 1. The summed E-state index contributed by atoms with van der Waals surface area (Å²) in [6.07, 6.45) is 2.12. The van der Waals surface area contributed by atoms with Gasteiger partial charge < -0.3 is 14.7 Å². The quantitative estimate of drug-likeness (QED) is 0.762. The zero-order valence-corrected chi connectivity index (χ0v) is 18.5. The van der Waals surface area contributed by atoms with Crippen LogP contribution in [0.2, 0.25) is 0 Å². The van der Waals surface area contributed by atoms with Crippen molar-refractivity contribution in [2.24, 2.45) is 5.92 Å². The number of rotatable bonds is 6. The molecule has 2 heterocycles. The van der Waals surface area contributed by atoms with Crippen LogP contribution in [0, 0.1) is 11.7 Å². The van der Waals surface area contributed by atoms with Crippen LogP contribution < -0.4 is 4.90 Å². The summed E-state index contributed by atoms with van der Waals surface area (Å²) in [6, 6.07) is 6.59. The minimum Gasteiger partial charge on any atom is -0.338 e. The highest BCUT2D eigenvalue weighted by atomic mass is 32.2. The van der Waals surface area contributed by atoms with Crippen molar-refractivity contribution < 1.29 is 18.9 Å². The molecule has 0 aromatic heterocycles. The standard InChI is InChI=1S/C22H32FN3O2S/c1-16(2)25(14-20(27)24-10-8-17(3)9-11-24)15-21(28)26-12-13-29-22(26)18-4-6-19(23)7-5-18/h4-7,16-17,22H,8-15H2,1-3H3/p+1/t22-/m0/s1. The Morgan fingerprint density at radius 3 is 2.34 bits per heavy atom. The van der Waals surface area contributed by atoms with Crippen molar-refractivity contribution in [1.29, 1.82) is 0 Å². The lowest BCUT2D eigenvalue weighted by Gasteiger charge is -2.33. The fourth-order valence-electron chi connectivity index (χ4n) is 3.96.